The summed E-state index contributed by atoms with van der Waals surface area (Å²) in [5, 5.41) is 40.2. The molecule has 0 radical (unpaired) electrons. The van der Waals surface area contributed by atoms with Crippen molar-refractivity contribution in [1.82, 2.24) is 5.32 Å². The van der Waals surface area contributed by atoms with Crippen LogP contribution < -0.4 is 5.32 Å². The first kappa shape index (κ1) is 99.5. The second-order valence-electron chi connectivity index (χ2n) is 32.7. The van der Waals surface area contributed by atoms with Gasteiger partial charge in [0.05, 0.1) is 49.3 Å². The van der Waals surface area contributed by atoms with E-state index in [0.717, 1.165) is 77.0 Å². The van der Waals surface area contributed by atoms with Crippen molar-refractivity contribution in [3.8, 4) is 0 Å². The third-order valence-electron chi connectivity index (χ3n) is 22.5. The minimum absolute atomic E-state index is 0.117. The zero-order valence-electron chi connectivity index (χ0n) is 70.3. The summed E-state index contributed by atoms with van der Waals surface area (Å²) >= 11 is 0. The number of alkyl carbamates (subject to hydrolysis) is 1. The molecule has 1 aliphatic heterocycles. The number of hydrogen-bond donors (Lipinski definition) is 4. The van der Waals surface area contributed by atoms with Gasteiger partial charge in [0.2, 0.25) is 6.10 Å². The zero-order chi connectivity index (χ0) is 83.3. The number of ketones is 1. The molecule has 3 aliphatic carbocycles. The number of carbonyl (C=O) groups excluding carboxylic acids is 10. The van der Waals surface area contributed by atoms with Gasteiger partial charge in [0, 0.05) is 57.2 Å². The summed E-state index contributed by atoms with van der Waals surface area (Å²) in [4.78, 5) is 125. The van der Waals surface area contributed by atoms with Crippen molar-refractivity contribution >= 4 is 53.8 Å². The Morgan fingerprint density at radius 3 is 1.55 bits per heavy atom. The van der Waals surface area contributed by atoms with E-state index in [4.69, 9.17) is 57.0 Å². The van der Waals surface area contributed by atoms with Gasteiger partial charge in [-0.15, -0.1) is 0 Å². The summed E-state index contributed by atoms with van der Waals surface area (Å²) in [6.07, 6.45) is 28.7. The Labute approximate surface area is 668 Å². The summed E-state index contributed by atoms with van der Waals surface area (Å²) in [5.74, 6) is -6.44. The number of Topliss-reactive ketones (excluding diaryl/α,β-unsaturated/α-hetero) is 1. The molecule has 24 heteroatoms. The molecular weight excluding hydrogens is 1440 g/mol. The van der Waals surface area contributed by atoms with E-state index in [2.05, 4.69) is 43.5 Å². The minimum Gasteiger partial charge on any atom is -0.463 e. The average molecular weight is 1580 g/mol. The maximum absolute atomic E-state index is 15.2. The number of ether oxygens (including phenoxy) is 10. The summed E-state index contributed by atoms with van der Waals surface area (Å²) in [7, 11) is 3.14. The molecule has 2 saturated carbocycles. The molecule has 0 spiro atoms. The molecule has 1 saturated heterocycles. The maximum Gasteiger partial charge on any atom is 0.408 e. The molecule has 2 unspecified atom stereocenters. The highest BCUT2D eigenvalue weighted by Crippen LogP contribution is 2.67. The van der Waals surface area contributed by atoms with E-state index in [0.29, 0.717) is 31.4 Å². The van der Waals surface area contributed by atoms with Crippen LogP contribution in [0.15, 0.2) is 65.8 Å². The Kier molecular flexibility index (Phi) is 46.9. The number of unbranched alkanes of at least 4 members (excludes halogenated alkanes) is 22. The van der Waals surface area contributed by atoms with Gasteiger partial charge < -0.3 is 68.0 Å². The lowest BCUT2D eigenvalue weighted by atomic mass is 9.40. The SMILES string of the molecule is CCC(=O)OCC(COC)OC.CCCCCCCC/C=C\CCCCCCCC(=O)OCC(COC(=O)CCC(=O)O[C@@H](C(=O)O[C@H]1C[C@@]2(O)[C@@H](C)[C@@H]3[C@]4(C)CO[C@@H]4C[C@H](O)[C@@]3(C)C(=O)[C@H](O)C(=C1C)C2(C)C)[C@@H](NC(=O)OC(C)(C)C)c1ccccc1)OC(=O)CCCCCCC/C=C\CCCCCCCC.O=C=O. The predicted molar refractivity (Wildman–Crippen MR) is 423 cm³/mol. The van der Waals surface area contributed by atoms with Crippen molar-refractivity contribution in [2.75, 3.05) is 47.3 Å². The first-order valence-electron chi connectivity index (χ1n) is 41.7. The third kappa shape index (κ3) is 32.9. The Bertz CT molecular complexity index is 3100. The largest absolute Gasteiger partial charge is 0.463 e. The fraction of sp³-hybridized carbons (Fsp3) is 0.761. The van der Waals surface area contributed by atoms with Crippen molar-refractivity contribution in [3.05, 3.63) is 71.3 Å². The van der Waals surface area contributed by atoms with Crippen molar-refractivity contribution < 1.29 is 111 Å². The third-order valence-corrected chi connectivity index (χ3v) is 22.5. The summed E-state index contributed by atoms with van der Waals surface area (Å²) < 4.78 is 55.5. The Morgan fingerprint density at radius 1 is 0.625 bits per heavy atom. The van der Waals surface area contributed by atoms with Crippen LogP contribution in [0.1, 0.15) is 307 Å². The Hall–Kier alpha value is -6.66. The second kappa shape index (κ2) is 52.7. The molecule has 4 aliphatic rings. The first-order valence-corrected chi connectivity index (χ1v) is 41.7. The van der Waals surface area contributed by atoms with Crippen LogP contribution in [0.3, 0.4) is 0 Å². The molecule has 2 bridgehead atoms. The van der Waals surface area contributed by atoms with Crippen molar-refractivity contribution in [2.24, 2.45) is 28.1 Å². The van der Waals surface area contributed by atoms with Gasteiger partial charge in [-0.25, -0.2) is 9.59 Å². The average Bonchev–Trinajstić information content (AvgIpc) is 0.675. The Balaban J connectivity index is 0.00000196. The van der Waals surface area contributed by atoms with Crippen molar-refractivity contribution in [1.29, 1.82) is 0 Å². The number of benzene rings is 1. The van der Waals surface area contributed by atoms with Gasteiger partial charge in [-0.1, -0.05) is 206 Å². The molecule has 0 aromatic heterocycles. The highest BCUT2D eigenvalue weighted by Gasteiger charge is 2.73. The van der Waals surface area contributed by atoms with Crippen LogP contribution in [0.25, 0.3) is 0 Å². The van der Waals surface area contributed by atoms with Crippen LogP contribution >= 0.6 is 0 Å². The minimum atomic E-state index is -1.97. The van der Waals surface area contributed by atoms with Gasteiger partial charge in [-0.05, 0) is 127 Å². The van der Waals surface area contributed by atoms with E-state index in [1.165, 1.54) is 77.0 Å². The quantitative estimate of drug-likeness (QED) is 0.0204. The number of nitrogens with one attached hydrogen (secondary N) is 1. The van der Waals surface area contributed by atoms with E-state index < -0.39 is 143 Å². The number of fused-ring (bicyclic) bond motifs is 5. The van der Waals surface area contributed by atoms with Gasteiger partial charge in [0.1, 0.15) is 49.8 Å². The standard InChI is InChI=1S/C79H125NO17.C8H16O4.CO2/c1-12-14-16-18-20-22-24-26-28-30-32-34-36-38-43-47-63(82)91-53-59(94-65(84)48-44-39-37-35-33-31-29-27-25-23-21-19-17-15-13-2)54-92-64(83)49-50-66(85)96-70(68(58-45-41-40-42-46-58)80-74(89)97-75(5,6)7)73(88)95-60-52-79(90)57(4)71-77(10)55-93-62(77)51-61(81)78(71,11)72(87)69(86)67(56(60)3)76(79,8)9;1-4-8(9)12-6-7(11-3)5-10-2;2-1-3/h26-29,40-42,45-46,57,59-62,68-71,81,86,90H,12-25,30-39,43-44,47-55H2,1-11H3,(H,80,89);7H,4-6H2,1-3H3;/b28-26-,29-27-;;/t57-,59?,60-,61-,62+,68-,69+,70+,71+,77+,78+,79+;;/m0../s1. The highest BCUT2D eigenvalue weighted by molar-refractivity contribution is 5.93. The lowest BCUT2D eigenvalue weighted by Gasteiger charge is -2.68. The molecule has 636 valence electrons. The van der Waals surface area contributed by atoms with E-state index in [1.54, 1.807) is 99.9 Å². The number of aliphatic hydroxyl groups is 3. The predicted octanol–water partition coefficient (Wildman–Crippen LogP) is 15.8. The lowest BCUT2D eigenvalue weighted by Crippen LogP contribution is -2.75. The smallest absolute Gasteiger partial charge is 0.408 e. The topological polar surface area (TPSA) is 336 Å². The van der Waals surface area contributed by atoms with Crippen molar-refractivity contribution in [2.45, 2.75) is 355 Å². The summed E-state index contributed by atoms with van der Waals surface area (Å²) in [6.45, 7) is 21.8. The fourth-order valence-electron chi connectivity index (χ4n) is 16.1. The van der Waals surface area contributed by atoms with E-state index in [1.807, 2.05) is 13.8 Å². The molecule has 4 N–H and O–H groups in total. The molecule has 1 aromatic carbocycles. The number of carbonyl (C=O) groups is 8. The van der Waals surface area contributed by atoms with Crippen molar-refractivity contribution in [3.63, 3.8) is 0 Å². The number of hydrogen-bond acceptors (Lipinski definition) is 23. The monoisotopic (exact) mass is 1580 g/mol. The normalized spacial score (nSPS) is 23.4. The van der Waals surface area contributed by atoms with Crippen LogP contribution in [0, 0.1) is 28.1 Å². The summed E-state index contributed by atoms with van der Waals surface area (Å²) in [5.41, 5.74) is -5.57. The van der Waals surface area contributed by atoms with E-state index >= 15 is 4.79 Å². The highest BCUT2D eigenvalue weighted by atomic mass is 16.6. The molecule has 1 aromatic rings. The molecule has 1 amide bonds. The number of methoxy groups -OCH3 is 2. The first-order chi connectivity index (χ1) is 53.3. The van der Waals surface area contributed by atoms with Gasteiger partial charge in [0.15, 0.2) is 11.9 Å². The van der Waals surface area contributed by atoms with Gasteiger partial charge in [-0.2, -0.15) is 9.59 Å². The Morgan fingerprint density at radius 2 is 1.08 bits per heavy atom. The fourth-order valence-corrected chi connectivity index (χ4v) is 16.1. The molecule has 112 heavy (non-hydrogen) atoms. The van der Waals surface area contributed by atoms with E-state index in [9.17, 15) is 48.9 Å². The van der Waals surface area contributed by atoms with Gasteiger partial charge in [0.25, 0.3) is 0 Å². The molecular formula is C88H141NO23. The van der Waals surface area contributed by atoms with E-state index in [-0.39, 0.29) is 74.9 Å². The molecule has 5 rings (SSSR count). The molecule has 3 fully saturated rings. The van der Waals surface area contributed by atoms with Gasteiger partial charge in [-0.3, -0.25) is 28.8 Å². The molecule has 13 atom stereocenters. The number of amides is 1. The molecule has 24 nitrogen and oxygen atoms in total. The summed E-state index contributed by atoms with van der Waals surface area (Å²) in [6, 6.07) is 6.74. The van der Waals surface area contributed by atoms with Crippen LogP contribution in [0.4, 0.5) is 4.79 Å². The number of esters is 6. The van der Waals surface area contributed by atoms with Crippen LogP contribution in [-0.4, -0.2) is 170 Å². The number of allylic oxidation sites excluding steroid dienone is 4. The number of rotatable bonds is 50. The van der Waals surface area contributed by atoms with Crippen LogP contribution in [0.2, 0.25) is 0 Å². The van der Waals surface area contributed by atoms with Gasteiger partial charge >= 0.3 is 48.1 Å². The maximum atomic E-state index is 15.2. The zero-order valence-corrected chi connectivity index (χ0v) is 70.3. The number of aliphatic hydroxyl groups excluding tert-OH is 2. The van der Waals surface area contributed by atoms with Crippen LogP contribution in [0.5, 0.6) is 0 Å². The second-order valence-corrected chi connectivity index (χ2v) is 32.7. The lowest BCUT2D eigenvalue weighted by molar-refractivity contribution is -0.302. The molecule has 1 heterocycles. The van der Waals surface area contributed by atoms with Crippen LogP contribution in [-0.2, 0) is 90.5 Å².